The van der Waals surface area contributed by atoms with Gasteiger partial charge < -0.3 is 25.2 Å². The summed E-state index contributed by atoms with van der Waals surface area (Å²) in [5, 5.41) is 9.16. The molecule has 1 heterocycles. The van der Waals surface area contributed by atoms with Crippen LogP contribution in [0.15, 0.2) is 47.4 Å². The average molecular weight is 582 g/mol. The topological polar surface area (TPSA) is 154 Å². The molecule has 1 aliphatic heterocycles. The van der Waals surface area contributed by atoms with Gasteiger partial charge in [0.15, 0.2) is 9.84 Å². The molecule has 0 unspecified atom stereocenters. The molecule has 1 amide bonds. The van der Waals surface area contributed by atoms with Crippen molar-refractivity contribution in [3.63, 3.8) is 0 Å². The molecule has 0 radical (unpaired) electrons. The van der Waals surface area contributed by atoms with E-state index in [2.05, 4.69) is 22.9 Å². The minimum absolute atomic E-state index is 0.0107. The Hall–Kier alpha value is -2.27. The lowest BCUT2D eigenvalue weighted by atomic mass is 9.88. The highest BCUT2D eigenvalue weighted by Gasteiger charge is 2.42. The Balaban J connectivity index is 1.96. The van der Waals surface area contributed by atoms with Crippen LogP contribution in [0.2, 0.25) is 0 Å². The average Bonchev–Trinajstić information content (AvgIpc) is 3.00. The molecule has 2 aromatic carbocycles. The summed E-state index contributed by atoms with van der Waals surface area (Å²) in [6.45, 7) is 4.00. The van der Waals surface area contributed by atoms with Gasteiger partial charge in [0, 0.05) is 24.2 Å². The molecule has 39 heavy (non-hydrogen) atoms. The molecule has 0 aliphatic carbocycles. The van der Waals surface area contributed by atoms with Gasteiger partial charge in [-0.2, -0.15) is 0 Å². The summed E-state index contributed by atoms with van der Waals surface area (Å²) in [5.41, 5.74) is 1.48. The fraction of sp³-hybridized carbons (Fsp3) is 0.519. The lowest BCUT2D eigenvalue weighted by Crippen LogP contribution is -2.50. The summed E-state index contributed by atoms with van der Waals surface area (Å²) in [5.74, 6) is 0.0296. The van der Waals surface area contributed by atoms with E-state index in [1.165, 1.54) is 7.11 Å². The van der Waals surface area contributed by atoms with Crippen LogP contribution >= 0.6 is 7.60 Å². The molecule has 0 spiro atoms. The maximum Gasteiger partial charge on any atom is 0.326 e. The molecule has 0 saturated heterocycles. The van der Waals surface area contributed by atoms with Gasteiger partial charge in [-0.3, -0.25) is 14.7 Å². The third-order valence-corrected chi connectivity index (χ3v) is 9.90. The third kappa shape index (κ3) is 8.36. The van der Waals surface area contributed by atoms with Crippen LogP contribution in [-0.4, -0.2) is 61.8 Å². The number of carbonyl (C=O) groups excluding carboxylic acids is 1. The molecule has 0 bridgehead atoms. The van der Waals surface area contributed by atoms with Crippen molar-refractivity contribution >= 4 is 23.3 Å². The number of hydrogen-bond acceptors (Lipinski definition) is 7. The van der Waals surface area contributed by atoms with E-state index in [4.69, 9.17) is 14.5 Å². The van der Waals surface area contributed by atoms with Gasteiger partial charge in [-0.25, -0.2) is 8.42 Å². The van der Waals surface area contributed by atoms with Gasteiger partial charge >= 0.3 is 7.60 Å². The molecule has 3 rings (SSSR count). The molecule has 12 heteroatoms. The first kappa shape index (κ1) is 31.3. The lowest BCUT2D eigenvalue weighted by molar-refractivity contribution is -0.120. The zero-order chi connectivity index (χ0) is 28.7. The number of hydrogen-bond donors (Lipinski definition) is 5. The van der Waals surface area contributed by atoms with Crippen LogP contribution in [0.25, 0.3) is 0 Å². The van der Waals surface area contributed by atoms with E-state index >= 15 is 0 Å². The van der Waals surface area contributed by atoms with Crippen LogP contribution in [-0.2, 0) is 25.7 Å². The molecule has 0 saturated carbocycles. The third-order valence-electron chi connectivity index (χ3n) is 7.14. The first-order chi connectivity index (χ1) is 18.4. The molecular weight excluding hydrogens is 541 g/mol. The Morgan fingerprint density at radius 2 is 1.92 bits per heavy atom. The van der Waals surface area contributed by atoms with Gasteiger partial charge in [0.1, 0.15) is 5.75 Å². The van der Waals surface area contributed by atoms with Crippen LogP contribution in [0, 0.1) is 0 Å². The van der Waals surface area contributed by atoms with Gasteiger partial charge in [0.2, 0.25) is 5.91 Å². The summed E-state index contributed by atoms with van der Waals surface area (Å²) >= 11 is 0. The number of sulfone groups is 1. The van der Waals surface area contributed by atoms with Crippen molar-refractivity contribution in [2.75, 3.05) is 32.1 Å². The summed E-state index contributed by atoms with van der Waals surface area (Å²) in [6.07, 6.45) is 2.87. The molecule has 2 aromatic rings. The molecule has 0 aromatic heterocycles. The minimum atomic E-state index is -4.15. The van der Waals surface area contributed by atoms with Crippen molar-refractivity contribution in [2.45, 2.75) is 62.6 Å². The van der Waals surface area contributed by atoms with E-state index < -0.39 is 28.9 Å². The van der Waals surface area contributed by atoms with Crippen LogP contribution in [0.5, 0.6) is 5.75 Å². The van der Waals surface area contributed by atoms with Crippen LogP contribution < -0.4 is 20.7 Å². The minimum Gasteiger partial charge on any atom is -0.496 e. The number of nitrogens with one attached hydrogen (secondary N) is 3. The predicted octanol–water partition coefficient (Wildman–Crippen LogP) is 2.88. The zero-order valence-electron chi connectivity index (χ0n) is 22.8. The number of carbonyl (C=O) groups is 1. The Bertz CT molecular complexity index is 1280. The summed E-state index contributed by atoms with van der Waals surface area (Å²) < 4.78 is 44.4. The monoisotopic (exact) mass is 581 g/mol. The molecule has 2 atom stereocenters. The number of benzene rings is 2. The lowest BCUT2D eigenvalue weighted by Gasteiger charge is -2.36. The largest absolute Gasteiger partial charge is 0.496 e. The van der Waals surface area contributed by atoms with Gasteiger partial charge in [-0.15, -0.1) is 0 Å². The standard InChI is InChI=1S/C27H40N3O7PS/c1-4-6-12-27(5-2)19-39(35,36)24-15-21(17-29-25(31)18-28-13-14-38(32,33)34)23(37-3)16-22(24)26(30-27)20-10-8-7-9-11-20/h7-11,15-16,26,28,30H,4-6,12-14,17-19H2,1-3H3,(H,29,31)(H2,32,33,34)/t26-,27-/m1/s1. The number of methoxy groups -OCH3 is 1. The maximum absolute atomic E-state index is 13.9. The van der Waals surface area contributed by atoms with Crippen LogP contribution in [0.1, 0.15) is 62.3 Å². The summed E-state index contributed by atoms with van der Waals surface area (Å²) in [4.78, 5) is 30.4. The molecular formula is C27H40N3O7PS. The maximum atomic E-state index is 13.9. The van der Waals surface area contributed by atoms with Gasteiger partial charge in [0.25, 0.3) is 0 Å². The second-order valence-corrected chi connectivity index (χ2v) is 13.8. The number of rotatable bonds is 13. The summed E-state index contributed by atoms with van der Waals surface area (Å²) in [6, 6.07) is 12.8. The van der Waals surface area contributed by atoms with E-state index in [1.807, 2.05) is 37.3 Å². The highest BCUT2D eigenvalue weighted by atomic mass is 32.2. The first-order valence-electron chi connectivity index (χ1n) is 13.2. The van der Waals surface area contributed by atoms with Crippen molar-refractivity contribution in [1.29, 1.82) is 0 Å². The molecule has 216 valence electrons. The van der Waals surface area contributed by atoms with Crippen molar-refractivity contribution in [2.24, 2.45) is 0 Å². The highest BCUT2D eigenvalue weighted by molar-refractivity contribution is 7.91. The van der Waals surface area contributed by atoms with Gasteiger partial charge in [-0.1, -0.05) is 57.0 Å². The fourth-order valence-electron chi connectivity index (χ4n) is 4.94. The van der Waals surface area contributed by atoms with Crippen LogP contribution in [0.3, 0.4) is 0 Å². The Kier molecular flexibility index (Phi) is 10.7. The van der Waals surface area contributed by atoms with E-state index in [9.17, 15) is 17.8 Å². The van der Waals surface area contributed by atoms with E-state index in [0.717, 1.165) is 24.8 Å². The molecule has 0 fully saturated rings. The summed E-state index contributed by atoms with van der Waals surface area (Å²) in [7, 11) is -6.35. The quantitative estimate of drug-likeness (QED) is 0.177. The van der Waals surface area contributed by atoms with Crippen LogP contribution in [0.4, 0.5) is 0 Å². The van der Waals surface area contributed by atoms with E-state index in [-0.39, 0.29) is 42.5 Å². The Morgan fingerprint density at radius 1 is 1.21 bits per heavy atom. The van der Waals surface area contributed by atoms with Gasteiger partial charge in [0.05, 0.1) is 36.5 Å². The number of fused-ring (bicyclic) bond motifs is 1. The van der Waals surface area contributed by atoms with Gasteiger partial charge in [-0.05, 0) is 36.1 Å². The van der Waals surface area contributed by atoms with E-state index in [1.54, 1.807) is 12.1 Å². The number of amides is 1. The number of ether oxygens (including phenoxy) is 1. The normalized spacial score (nSPS) is 20.6. The van der Waals surface area contributed by atoms with Crippen molar-refractivity contribution < 1.29 is 32.3 Å². The molecule has 1 aliphatic rings. The number of unbranched alkanes of at least 4 members (excludes halogenated alkanes) is 1. The predicted molar refractivity (Wildman–Crippen MR) is 151 cm³/mol. The molecule has 5 N–H and O–H groups in total. The van der Waals surface area contributed by atoms with E-state index in [0.29, 0.717) is 23.3 Å². The van der Waals surface area contributed by atoms with Crippen molar-refractivity contribution in [3.8, 4) is 5.75 Å². The smallest absolute Gasteiger partial charge is 0.326 e. The SMILES string of the molecule is CCCC[C@]1(CC)CS(=O)(=O)c2cc(CNC(=O)CNCCP(=O)(O)O)c(OC)cc2[C@@H](c2ccccc2)N1. The Labute approximate surface area is 231 Å². The fourth-order valence-corrected chi connectivity index (χ4v) is 7.56. The Morgan fingerprint density at radius 3 is 2.54 bits per heavy atom. The second-order valence-electron chi connectivity index (χ2n) is 10.0. The molecule has 10 nitrogen and oxygen atoms in total. The van der Waals surface area contributed by atoms with Crippen molar-refractivity contribution in [1.82, 2.24) is 16.0 Å². The second kappa shape index (κ2) is 13.4. The zero-order valence-corrected chi connectivity index (χ0v) is 24.5. The highest BCUT2D eigenvalue weighted by Crippen LogP contribution is 2.41. The first-order valence-corrected chi connectivity index (χ1v) is 16.7. The van der Waals surface area contributed by atoms with Crippen molar-refractivity contribution in [3.05, 3.63) is 59.2 Å².